The first kappa shape index (κ1) is 11.1. The van der Waals surface area contributed by atoms with E-state index in [1.165, 1.54) is 0 Å². The highest BCUT2D eigenvalue weighted by Gasteiger charge is 2.15. The number of urea groups is 1. The second-order valence-corrected chi connectivity index (χ2v) is 3.22. The topological polar surface area (TPSA) is 41.1 Å². The molecule has 0 aromatic rings. The molecular formula is C8H13ClN2O. The van der Waals surface area contributed by atoms with Crippen molar-refractivity contribution in [3.05, 3.63) is 0 Å². The van der Waals surface area contributed by atoms with E-state index in [4.69, 9.17) is 18.0 Å². The third kappa shape index (κ3) is 4.86. The van der Waals surface area contributed by atoms with E-state index in [9.17, 15) is 4.79 Å². The summed E-state index contributed by atoms with van der Waals surface area (Å²) in [7, 11) is 0. The Labute approximate surface area is 77.9 Å². The molecule has 0 rings (SSSR count). The van der Waals surface area contributed by atoms with E-state index in [0.717, 1.165) is 0 Å². The van der Waals surface area contributed by atoms with Crippen LogP contribution >= 0.6 is 11.6 Å². The summed E-state index contributed by atoms with van der Waals surface area (Å²) in [5.74, 6) is 2.84. The van der Waals surface area contributed by atoms with Crippen LogP contribution in [0.3, 0.4) is 0 Å². The maximum absolute atomic E-state index is 11.0. The van der Waals surface area contributed by atoms with E-state index in [1.807, 2.05) is 0 Å². The predicted molar refractivity (Wildman–Crippen MR) is 50.2 cm³/mol. The first-order chi connectivity index (χ1) is 5.52. The second-order valence-electron chi connectivity index (χ2n) is 2.84. The summed E-state index contributed by atoms with van der Waals surface area (Å²) in [6, 6.07) is -0.293. The molecule has 0 radical (unpaired) electrons. The van der Waals surface area contributed by atoms with Crippen LogP contribution < -0.4 is 10.6 Å². The van der Waals surface area contributed by atoms with E-state index < -0.39 is 5.54 Å². The van der Waals surface area contributed by atoms with Crippen LogP contribution in [0.4, 0.5) is 4.79 Å². The molecule has 0 unspecified atom stereocenters. The van der Waals surface area contributed by atoms with Crippen LogP contribution in [0.25, 0.3) is 0 Å². The molecule has 0 aliphatic heterocycles. The molecule has 0 aliphatic carbocycles. The number of carbonyl (C=O) groups is 1. The molecule has 0 aliphatic rings. The van der Waals surface area contributed by atoms with Crippen molar-refractivity contribution in [1.82, 2.24) is 10.6 Å². The lowest BCUT2D eigenvalue weighted by Gasteiger charge is -2.19. The van der Waals surface area contributed by atoms with Crippen LogP contribution in [-0.4, -0.2) is 24.0 Å². The Morgan fingerprint density at radius 3 is 2.67 bits per heavy atom. The van der Waals surface area contributed by atoms with Gasteiger partial charge in [-0.2, -0.15) is 0 Å². The summed E-state index contributed by atoms with van der Waals surface area (Å²) >= 11 is 5.37. The van der Waals surface area contributed by atoms with Crippen LogP contribution in [0.1, 0.15) is 13.8 Å². The highest BCUT2D eigenvalue weighted by Crippen LogP contribution is 1.97. The Kier molecular flexibility index (Phi) is 4.53. The molecule has 12 heavy (non-hydrogen) atoms. The summed E-state index contributed by atoms with van der Waals surface area (Å²) in [5.41, 5.74) is -0.615. The fourth-order valence-electron chi connectivity index (χ4n) is 0.525. The monoisotopic (exact) mass is 188 g/mol. The first-order valence-electron chi connectivity index (χ1n) is 3.61. The molecule has 0 aromatic carbocycles. The molecule has 0 atom stereocenters. The number of carbonyl (C=O) groups excluding carboxylic acids is 1. The van der Waals surface area contributed by atoms with Crippen molar-refractivity contribution >= 4 is 17.6 Å². The highest BCUT2D eigenvalue weighted by molar-refractivity contribution is 6.18. The molecule has 0 heterocycles. The maximum Gasteiger partial charge on any atom is 0.316 e. The Balaban J connectivity index is 3.78. The number of halogens is 1. The molecule has 4 heteroatoms. The molecule has 0 spiro atoms. The molecule has 3 nitrogen and oxygen atoms in total. The van der Waals surface area contributed by atoms with Gasteiger partial charge >= 0.3 is 6.03 Å². The molecule has 0 aromatic heterocycles. The highest BCUT2D eigenvalue weighted by atomic mass is 35.5. The molecule has 0 saturated carbocycles. The van der Waals surface area contributed by atoms with Crippen molar-refractivity contribution in [2.24, 2.45) is 0 Å². The summed E-state index contributed by atoms with van der Waals surface area (Å²) < 4.78 is 0. The van der Waals surface area contributed by atoms with Gasteiger partial charge in [-0.15, -0.1) is 18.0 Å². The van der Waals surface area contributed by atoms with Crippen molar-refractivity contribution in [3.8, 4) is 12.3 Å². The average Bonchev–Trinajstić information content (AvgIpc) is 2.00. The first-order valence-corrected chi connectivity index (χ1v) is 4.15. The van der Waals surface area contributed by atoms with Gasteiger partial charge < -0.3 is 10.6 Å². The zero-order chi connectivity index (χ0) is 9.61. The van der Waals surface area contributed by atoms with Gasteiger partial charge in [0.15, 0.2) is 0 Å². The number of hydrogen-bond acceptors (Lipinski definition) is 1. The quantitative estimate of drug-likeness (QED) is 0.502. The minimum absolute atomic E-state index is 0.293. The van der Waals surface area contributed by atoms with Gasteiger partial charge in [-0.25, -0.2) is 4.79 Å². The Morgan fingerprint density at radius 2 is 2.25 bits per heavy atom. The number of nitrogens with one attached hydrogen (secondary N) is 2. The fourth-order valence-corrected chi connectivity index (χ4v) is 0.619. The summed E-state index contributed by atoms with van der Waals surface area (Å²) in [4.78, 5) is 11.0. The van der Waals surface area contributed by atoms with Gasteiger partial charge in [0.1, 0.15) is 0 Å². The van der Waals surface area contributed by atoms with Gasteiger partial charge in [0.25, 0.3) is 0 Å². The average molecular weight is 189 g/mol. The van der Waals surface area contributed by atoms with Crippen LogP contribution in [0.5, 0.6) is 0 Å². The zero-order valence-electron chi connectivity index (χ0n) is 7.28. The SMILES string of the molecule is C#CC(C)(C)NC(=O)NCCCl. The van der Waals surface area contributed by atoms with E-state index in [0.29, 0.717) is 12.4 Å². The summed E-state index contributed by atoms with van der Waals surface area (Å²) in [6.45, 7) is 3.93. The summed E-state index contributed by atoms with van der Waals surface area (Å²) in [6.07, 6.45) is 5.16. The van der Waals surface area contributed by atoms with Gasteiger partial charge in [0.2, 0.25) is 0 Å². The van der Waals surface area contributed by atoms with Gasteiger partial charge in [-0.1, -0.05) is 5.92 Å². The minimum Gasteiger partial charge on any atom is -0.337 e. The molecule has 68 valence electrons. The van der Waals surface area contributed by atoms with Crippen LogP contribution in [-0.2, 0) is 0 Å². The van der Waals surface area contributed by atoms with Crippen molar-refractivity contribution in [2.75, 3.05) is 12.4 Å². The predicted octanol–water partition coefficient (Wildman–Crippen LogP) is 0.936. The number of terminal acetylenes is 1. The number of amides is 2. The van der Waals surface area contributed by atoms with Crippen molar-refractivity contribution in [2.45, 2.75) is 19.4 Å². The molecule has 0 bridgehead atoms. The van der Waals surface area contributed by atoms with Crippen molar-refractivity contribution < 1.29 is 4.79 Å². The fraction of sp³-hybridized carbons (Fsp3) is 0.625. The van der Waals surface area contributed by atoms with Crippen LogP contribution in [0, 0.1) is 12.3 Å². The summed E-state index contributed by atoms with van der Waals surface area (Å²) in [5, 5.41) is 5.14. The van der Waals surface area contributed by atoms with E-state index in [2.05, 4.69) is 16.6 Å². The standard InChI is InChI=1S/C8H13ClN2O/c1-4-8(2,3)11-7(12)10-6-5-9/h1H,5-6H2,2-3H3,(H2,10,11,12). The van der Waals surface area contributed by atoms with E-state index in [-0.39, 0.29) is 6.03 Å². The molecular weight excluding hydrogens is 176 g/mol. The van der Waals surface area contributed by atoms with E-state index in [1.54, 1.807) is 13.8 Å². The molecule has 2 amide bonds. The smallest absolute Gasteiger partial charge is 0.316 e. The van der Waals surface area contributed by atoms with Crippen molar-refractivity contribution in [1.29, 1.82) is 0 Å². The Hall–Kier alpha value is -0.880. The van der Waals surface area contributed by atoms with Gasteiger partial charge in [0.05, 0.1) is 5.54 Å². The lowest BCUT2D eigenvalue weighted by molar-refractivity contribution is 0.236. The third-order valence-electron chi connectivity index (χ3n) is 1.17. The molecule has 0 saturated heterocycles. The number of rotatable bonds is 3. The zero-order valence-corrected chi connectivity index (χ0v) is 8.03. The van der Waals surface area contributed by atoms with Crippen molar-refractivity contribution in [3.63, 3.8) is 0 Å². The van der Waals surface area contributed by atoms with Gasteiger partial charge in [-0.3, -0.25) is 0 Å². The second kappa shape index (κ2) is 4.89. The van der Waals surface area contributed by atoms with E-state index >= 15 is 0 Å². The molecule has 2 N–H and O–H groups in total. The van der Waals surface area contributed by atoms with Crippen LogP contribution in [0.15, 0.2) is 0 Å². The lowest BCUT2D eigenvalue weighted by atomic mass is 10.1. The number of hydrogen-bond donors (Lipinski definition) is 2. The molecule has 0 fully saturated rings. The van der Waals surface area contributed by atoms with Crippen LogP contribution in [0.2, 0.25) is 0 Å². The largest absolute Gasteiger partial charge is 0.337 e. The third-order valence-corrected chi connectivity index (χ3v) is 1.36. The number of alkyl halides is 1. The van der Waals surface area contributed by atoms with Gasteiger partial charge in [-0.05, 0) is 13.8 Å². The minimum atomic E-state index is -0.615. The normalized spacial score (nSPS) is 10.2. The Morgan fingerprint density at radius 1 is 1.67 bits per heavy atom. The van der Waals surface area contributed by atoms with Gasteiger partial charge in [0, 0.05) is 12.4 Å². The lowest BCUT2D eigenvalue weighted by Crippen LogP contribution is -2.47. The maximum atomic E-state index is 11.0. The Bertz CT molecular complexity index is 196.